The number of carbonyl (C=O) groups excluding carboxylic acids is 1. The van der Waals surface area contributed by atoms with Crippen molar-refractivity contribution < 1.29 is 17.9 Å². The highest BCUT2D eigenvalue weighted by Crippen LogP contribution is 2.14. The molecule has 0 aromatic carbocycles. The molecule has 0 aromatic rings. The molecule has 1 aliphatic rings. The summed E-state index contributed by atoms with van der Waals surface area (Å²) in [7, 11) is -2.02. The number of esters is 1. The van der Waals surface area contributed by atoms with Crippen molar-refractivity contribution in [3.8, 4) is 0 Å². The molecule has 0 aliphatic carbocycles. The van der Waals surface area contributed by atoms with E-state index in [1.54, 1.807) is 6.92 Å². The Hall–Kier alpha value is -0.660. The van der Waals surface area contributed by atoms with E-state index < -0.39 is 21.7 Å². The Morgan fingerprint density at radius 3 is 2.56 bits per heavy atom. The summed E-state index contributed by atoms with van der Waals surface area (Å²) in [5.74, 6) is -0.884. The molecule has 1 rings (SSSR count). The second kappa shape index (κ2) is 7.06. The van der Waals surface area contributed by atoms with Crippen molar-refractivity contribution >= 4 is 16.0 Å². The minimum Gasteiger partial charge on any atom is -0.465 e. The average Bonchev–Trinajstić information content (AvgIpc) is 2.29. The lowest BCUT2D eigenvalue weighted by Gasteiger charge is -2.26. The van der Waals surface area contributed by atoms with Crippen LogP contribution in [-0.2, 0) is 19.6 Å². The van der Waals surface area contributed by atoms with Crippen LogP contribution in [0.15, 0.2) is 0 Å². The molecule has 1 saturated heterocycles. The summed E-state index contributed by atoms with van der Waals surface area (Å²) in [6.07, 6.45) is 1.94. The van der Waals surface area contributed by atoms with E-state index in [1.165, 1.54) is 11.4 Å². The van der Waals surface area contributed by atoms with Gasteiger partial charge in [0, 0.05) is 13.6 Å². The van der Waals surface area contributed by atoms with E-state index in [2.05, 4.69) is 10.1 Å². The van der Waals surface area contributed by atoms with Gasteiger partial charge in [0.15, 0.2) is 5.75 Å². The molecular weight excluding hydrogens is 256 g/mol. The Labute approximate surface area is 109 Å². The van der Waals surface area contributed by atoms with E-state index in [1.807, 2.05) is 0 Å². The number of piperidine rings is 1. The van der Waals surface area contributed by atoms with Crippen LogP contribution in [0.2, 0.25) is 0 Å². The maximum absolute atomic E-state index is 11.9. The number of nitrogens with one attached hydrogen (secondary N) is 1. The van der Waals surface area contributed by atoms with E-state index in [0.29, 0.717) is 12.5 Å². The third-order valence-electron chi connectivity index (χ3n) is 3.05. The van der Waals surface area contributed by atoms with Gasteiger partial charge in [-0.1, -0.05) is 0 Å². The first-order valence-electron chi connectivity index (χ1n) is 6.26. The first-order chi connectivity index (χ1) is 8.45. The van der Waals surface area contributed by atoms with Gasteiger partial charge in [0.25, 0.3) is 0 Å². The van der Waals surface area contributed by atoms with Crippen LogP contribution < -0.4 is 5.32 Å². The Balaban J connectivity index is 2.47. The summed E-state index contributed by atoms with van der Waals surface area (Å²) in [6.45, 7) is 4.19. The van der Waals surface area contributed by atoms with Gasteiger partial charge in [-0.3, -0.25) is 4.79 Å². The van der Waals surface area contributed by atoms with Crippen LogP contribution in [-0.4, -0.2) is 57.7 Å². The van der Waals surface area contributed by atoms with Crippen LogP contribution in [0, 0.1) is 5.92 Å². The van der Waals surface area contributed by atoms with Gasteiger partial charge < -0.3 is 10.1 Å². The number of carbonyl (C=O) groups is 1. The topological polar surface area (TPSA) is 75.7 Å². The SMILES string of the molecule is CCOC(=O)CS(=O)(=O)N(C)CC1CCNCC1. The maximum atomic E-state index is 11.9. The Morgan fingerprint density at radius 2 is 2.00 bits per heavy atom. The number of hydrogen-bond acceptors (Lipinski definition) is 5. The first kappa shape index (κ1) is 15.4. The summed E-state index contributed by atoms with van der Waals surface area (Å²) in [5.41, 5.74) is 0. The molecule has 1 heterocycles. The summed E-state index contributed by atoms with van der Waals surface area (Å²) in [5, 5.41) is 3.23. The van der Waals surface area contributed by atoms with E-state index in [0.717, 1.165) is 25.9 Å². The fourth-order valence-corrected chi connectivity index (χ4v) is 3.04. The van der Waals surface area contributed by atoms with Gasteiger partial charge in [-0.25, -0.2) is 12.7 Å². The molecule has 1 N–H and O–H groups in total. The second-order valence-electron chi connectivity index (χ2n) is 4.54. The summed E-state index contributed by atoms with van der Waals surface area (Å²) in [4.78, 5) is 11.2. The monoisotopic (exact) mass is 278 g/mol. The maximum Gasteiger partial charge on any atom is 0.322 e. The lowest BCUT2D eigenvalue weighted by molar-refractivity contribution is -0.140. The quantitative estimate of drug-likeness (QED) is 0.682. The standard InChI is InChI=1S/C11H22N2O4S/c1-3-17-11(14)9-18(15,16)13(2)8-10-4-6-12-7-5-10/h10,12H,3-9H2,1-2H3. The van der Waals surface area contributed by atoms with Gasteiger partial charge in [0.1, 0.15) is 0 Å². The Kier molecular flexibility index (Phi) is 6.04. The zero-order valence-corrected chi connectivity index (χ0v) is 11.8. The zero-order chi connectivity index (χ0) is 13.6. The number of hydrogen-bond donors (Lipinski definition) is 1. The molecule has 106 valence electrons. The number of rotatable bonds is 6. The summed E-state index contributed by atoms with van der Waals surface area (Å²) in [6, 6.07) is 0. The highest BCUT2D eigenvalue weighted by Gasteiger charge is 2.25. The van der Waals surface area contributed by atoms with E-state index in [4.69, 9.17) is 0 Å². The molecule has 18 heavy (non-hydrogen) atoms. The third kappa shape index (κ3) is 4.91. The van der Waals surface area contributed by atoms with Crippen LogP contribution in [0.5, 0.6) is 0 Å². The molecule has 0 bridgehead atoms. The fraction of sp³-hybridized carbons (Fsp3) is 0.909. The Bertz CT molecular complexity index is 363. The lowest BCUT2D eigenvalue weighted by atomic mass is 9.98. The lowest BCUT2D eigenvalue weighted by Crippen LogP contribution is -2.39. The highest BCUT2D eigenvalue weighted by molar-refractivity contribution is 7.89. The van der Waals surface area contributed by atoms with Gasteiger partial charge in [-0.05, 0) is 38.8 Å². The minimum absolute atomic E-state index is 0.201. The van der Waals surface area contributed by atoms with Crippen molar-refractivity contribution in [2.75, 3.05) is 39.0 Å². The molecule has 0 aromatic heterocycles. The fourth-order valence-electron chi connectivity index (χ4n) is 2.00. The third-order valence-corrected chi connectivity index (χ3v) is 4.75. The molecule has 0 unspecified atom stereocenters. The Morgan fingerprint density at radius 1 is 1.39 bits per heavy atom. The number of nitrogens with zero attached hydrogens (tertiary/aromatic N) is 1. The molecule has 1 fully saturated rings. The molecule has 0 radical (unpaired) electrons. The summed E-state index contributed by atoms with van der Waals surface area (Å²) < 4.78 is 29.7. The van der Waals surface area contributed by atoms with Crippen LogP contribution in [0.4, 0.5) is 0 Å². The normalized spacial score (nSPS) is 17.9. The van der Waals surface area contributed by atoms with Crippen LogP contribution in [0.1, 0.15) is 19.8 Å². The highest BCUT2D eigenvalue weighted by atomic mass is 32.2. The van der Waals surface area contributed by atoms with Gasteiger partial charge in [0.05, 0.1) is 6.61 Å². The van der Waals surface area contributed by atoms with E-state index in [-0.39, 0.29) is 6.61 Å². The molecular formula is C11H22N2O4S. The van der Waals surface area contributed by atoms with Gasteiger partial charge in [0.2, 0.25) is 10.0 Å². The molecule has 1 aliphatic heterocycles. The van der Waals surface area contributed by atoms with Crippen molar-refractivity contribution in [1.29, 1.82) is 0 Å². The molecule has 0 spiro atoms. The van der Waals surface area contributed by atoms with Gasteiger partial charge >= 0.3 is 5.97 Å². The first-order valence-corrected chi connectivity index (χ1v) is 7.87. The van der Waals surface area contributed by atoms with E-state index >= 15 is 0 Å². The zero-order valence-electron chi connectivity index (χ0n) is 11.0. The minimum atomic E-state index is -3.54. The van der Waals surface area contributed by atoms with Crippen LogP contribution >= 0.6 is 0 Å². The van der Waals surface area contributed by atoms with Crippen LogP contribution in [0.3, 0.4) is 0 Å². The molecule has 0 atom stereocenters. The average molecular weight is 278 g/mol. The van der Waals surface area contributed by atoms with Gasteiger partial charge in [-0.2, -0.15) is 0 Å². The second-order valence-corrected chi connectivity index (χ2v) is 6.61. The van der Waals surface area contributed by atoms with Crippen molar-refractivity contribution in [1.82, 2.24) is 9.62 Å². The number of sulfonamides is 1. The van der Waals surface area contributed by atoms with Gasteiger partial charge in [-0.15, -0.1) is 0 Å². The smallest absolute Gasteiger partial charge is 0.322 e. The van der Waals surface area contributed by atoms with Crippen molar-refractivity contribution in [2.45, 2.75) is 19.8 Å². The molecule has 0 amide bonds. The molecule has 6 nitrogen and oxygen atoms in total. The van der Waals surface area contributed by atoms with Crippen molar-refractivity contribution in [2.24, 2.45) is 5.92 Å². The van der Waals surface area contributed by atoms with Crippen molar-refractivity contribution in [3.63, 3.8) is 0 Å². The largest absolute Gasteiger partial charge is 0.465 e. The van der Waals surface area contributed by atoms with E-state index in [9.17, 15) is 13.2 Å². The molecule has 7 heteroatoms. The predicted molar refractivity (Wildman–Crippen MR) is 68.6 cm³/mol. The van der Waals surface area contributed by atoms with Crippen molar-refractivity contribution in [3.05, 3.63) is 0 Å². The predicted octanol–water partition coefficient (Wildman–Crippen LogP) is -0.189. The summed E-state index contributed by atoms with van der Waals surface area (Å²) >= 11 is 0. The molecule has 0 saturated carbocycles. The van der Waals surface area contributed by atoms with Crippen LogP contribution in [0.25, 0.3) is 0 Å². The number of ether oxygens (including phenoxy) is 1.